The predicted molar refractivity (Wildman–Crippen MR) is 95.2 cm³/mol. The van der Waals surface area contributed by atoms with E-state index in [0.29, 0.717) is 24.6 Å². The van der Waals surface area contributed by atoms with Crippen molar-refractivity contribution in [2.24, 2.45) is 0 Å². The Hall–Kier alpha value is -2.25. The summed E-state index contributed by atoms with van der Waals surface area (Å²) in [7, 11) is 0. The first-order valence-corrected chi connectivity index (χ1v) is 9.32. The fourth-order valence-electron chi connectivity index (χ4n) is 4.03. The molecule has 3 heterocycles. The molecule has 2 saturated heterocycles. The van der Waals surface area contributed by atoms with Crippen LogP contribution in [0.25, 0.3) is 0 Å². The van der Waals surface area contributed by atoms with Crippen molar-refractivity contribution in [3.63, 3.8) is 0 Å². The maximum absolute atomic E-state index is 12.8. The lowest BCUT2D eigenvalue weighted by molar-refractivity contribution is -0.136. The highest BCUT2D eigenvalue weighted by Crippen LogP contribution is 2.28. The van der Waals surface area contributed by atoms with Gasteiger partial charge in [0.25, 0.3) is 5.91 Å². The summed E-state index contributed by atoms with van der Waals surface area (Å²) in [6.07, 6.45) is 3.11. The third-order valence-corrected chi connectivity index (χ3v) is 5.47. The van der Waals surface area contributed by atoms with E-state index >= 15 is 0 Å². The van der Waals surface area contributed by atoms with E-state index in [4.69, 9.17) is 0 Å². The molecule has 0 spiro atoms. The molecule has 3 N–H and O–H groups in total. The van der Waals surface area contributed by atoms with E-state index in [2.05, 4.69) is 16.0 Å². The molecule has 4 rings (SSSR count). The zero-order valence-electron chi connectivity index (χ0n) is 14.7. The molecule has 3 aliphatic heterocycles. The lowest BCUT2D eigenvalue weighted by atomic mass is 10.0. The van der Waals surface area contributed by atoms with Crippen LogP contribution in [0.2, 0.25) is 0 Å². The van der Waals surface area contributed by atoms with Crippen LogP contribution in [0.4, 0.5) is 0 Å². The van der Waals surface area contributed by atoms with Crippen LogP contribution in [0.3, 0.4) is 0 Å². The highest BCUT2D eigenvalue weighted by molar-refractivity contribution is 6.05. The predicted octanol–water partition coefficient (Wildman–Crippen LogP) is 0.289. The van der Waals surface area contributed by atoms with Gasteiger partial charge in [-0.2, -0.15) is 0 Å². The van der Waals surface area contributed by atoms with Gasteiger partial charge in [0.1, 0.15) is 6.04 Å². The van der Waals surface area contributed by atoms with Gasteiger partial charge in [0.2, 0.25) is 11.8 Å². The van der Waals surface area contributed by atoms with Crippen molar-refractivity contribution in [3.8, 4) is 0 Å². The number of hydrogen-bond donors (Lipinski definition) is 3. The molecule has 2 atom stereocenters. The number of rotatable bonds is 5. The van der Waals surface area contributed by atoms with Crippen molar-refractivity contribution < 1.29 is 14.4 Å². The van der Waals surface area contributed by atoms with E-state index in [0.717, 1.165) is 30.8 Å². The Bertz CT molecular complexity index is 742. The van der Waals surface area contributed by atoms with Crippen molar-refractivity contribution >= 4 is 17.7 Å². The minimum absolute atomic E-state index is 0.117. The van der Waals surface area contributed by atoms with Crippen molar-refractivity contribution in [2.45, 2.75) is 50.9 Å². The molecule has 0 bridgehead atoms. The van der Waals surface area contributed by atoms with Crippen LogP contribution in [0, 0.1) is 0 Å². The second kappa shape index (κ2) is 7.17. The number of carbonyl (C=O) groups is 3. The normalized spacial score (nSPS) is 25.5. The molecule has 138 valence electrons. The number of fused-ring (bicyclic) bond motifs is 1. The Kier molecular flexibility index (Phi) is 4.74. The summed E-state index contributed by atoms with van der Waals surface area (Å²) in [6.45, 7) is 3.17. The summed E-state index contributed by atoms with van der Waals surface area (Å²) in [5.41, 5.74) is 2.69. The van der Waals surface area contributed by atoms with Crippen LogP contribution >= 0.6 is 0 Å². The molecular formula is C19H24N4O3. The molecule has 26 heavy (non-hydrogen) atoms. The summed E-state index contributed by atoms with van der Waals surface area (Å²) in [5, 5.41) is 9.23. The molecule has 0 radical (unpaired) electrons. The Labute approximate surface area is 152 Å². The van der Waals surface area contributed by atoms with Gasteiger partial charge < -0.3 is 15.5 Å². The first-order chi connectivity index (χ1) is 12.6. The maximum atomic E-state index is 12.8. The summed E-state index contributed by atoms with van der Waals surface area (Å²) >= 11 is 0. The number of hydrogen-bond acceptors (Lipinski definition) is 5. The molecule has 7 heteroatoms. The highest BCUT2D eigenvalue weighted by Gasteiger charge is 2.39. The number of carbonyl (C=O) groups excluding carboxylic acids is 3. The van der Waals surface area contributed by atoms with Crippen LogP contribution < -0.4 is 16.0 Å². The van der Waals surface area contributed by atoms with E-state index in [1.165, 1.54) is 12.8 Å². The fourth-order valence-corrected chi connectivity index (χ4v) is 4.03. The monoisotopic (exact) mass is 356 g/mol. The quantitative estimate of drug-likeness (QED) is 0.660. The van der Waals surface area contributed by atoms with Crippen molar-refractivity contribution in [1.82, 2.24) is 20.9 Å². The Morgan fingerprint density at radius 3 is 2.85 bits per heavy atom. The van der Waals surface area contributed by atoms with Gasteiger partial charge in [-0.25, -0.2) is 0 Å². The van der Waals surface area contributed by atoms with Crippen molar-refractivity contribution in [1.29, 1.82) is 0 Å². The molecule has 3 amide bonds. The van der Waals surface area contributed by atoms with Gasteiger partial charge in [-0.05, 0) is 43.0 Å². The summed E-state index contributed by atoms with van der Waals surface area (Å²) in [6, 6.07) is 5.93. The van der Waals surface area contributed by atoms with E-state index in [9.17, 15) is 14.4 Å². The summed E-state index contributed by atoms with van der Waals surface area (Å²) in [4.78, 5) is 37.8. The zero-order chi connectivity index (χ0) is 18.1. The van der Waals surface area contributed by atoms with Crippen molar-refractivity contribution in [3.05, 3.63) is 34.9 Å². The number of imide groups is 1. The molecule has 1 unspecified atom stereocenters. The SMILES string of the molecule is O=C1CCC(N2Cc3ccc(CNC[C@@H]4CCCN4)cc3C2=O)C(=O)N1. The van der Waals surface area contributed by atoms with Crippen LogP contribution in [-0.2, 0) is 22.7 Å². The molecule has 0 aromatic heterocycles. The highest BCUT2D eigenvalue weighted by atomic mass is 16.2. The summed E-state index contributed by atoms with van der Waals surface area (Å²) in [5.74, 6) is -0.748. The first-order valence-electron chi connectivity index (χ1n) is 9.32. The number of nitrogens with zero attached hydrogens (tertiary/aromatic N) is 1. The second-order valence-corrected chi connectivity index (χ2v) is 7.32. The number of amides is 3. The largest absolute Gasteiger partial charge is 0.322 e. The Morgan fingerprint density at radius 1 is 1.19 bits per heavy atom. The van der Waals surface area contributed by atoms with Crippen molar-refractivity contribution in [2.75, 3.05) is 13.1 Å². The van der Waals surface area contributed by atoms with Crippen LogP contribution in [-0.4, -0.2) is 47.8 Å². The van der Waals surface area contributed by atoms with Crippen LogP contribution in [0.1, 0.15) is 47.2 Å². The number of piperidine rings is 1. The minimum atomic E-state index is -0.553. The smallest absolute Gasteiger partial charge is 0.255 e. The number of benzene rings is 1. The molecule has 3 aliphatic rings. The average molecular weight is 356 g/mol. The zero-order valence-corrected chi connectivity index (χ0v) is 14.7. The third kappa shape index (κ3) is 3.37. The number of nitrogens with one attached hydrogen (secondary N) is 3. The van der Waals surface area contributed by atoms with E-state index in [1.54, 1.807) is 4.90 Å². The molecule has 0 aliphatic carbocycles. The topological polar surface area (TPSA) is 90.5 Å². The Balaban J connectivity index is 1.40. The van der Waals surface area contributed by atoms with Gasteiger partial charge >= 0.3 is 0 Å². The third-order valence-electron chi connectivity index (χ3n) is 5.47. The summed E-state index contributed by atoms with van der Waals surface area (Å²) < 4.78 is 0. The van der Waals surface area contributed by atoms with E-state index < -0.39 is 6.04 Å². The van der Waals surface area contributed by atoms with Crippen LogP contribution in [0.5, 0.6) is 0 Å². The molecule has 1 aromatic carbocycles. The lowest BCUT2D eigenvalue weighted by Gasteiger charge is -2.29. The molecule has 1 aromatic rings. The average Bonchev–Trinajstić information content (AvgIpc) is 3.24. The van der Waals surface area contributed by atoms with Gasteiger partial charge in [-0.15, -0.1) is 0 Å². The molecular weight excluding hydrogens is 332 g/mol. The molecule has 7 nitrogen and oxygen atoms in total. The lowest BCUT2D eigenvalue weighted by Crippen LogP contribution is -2.52. The fraction of sp³-hybridized carbons (Fsp3) is 0.526. The van der Waals surface area contributed by atoms with E-state index in [1.807, 2.05) is 18.2 Å². The van der Waals surface area contributed by atoms with Gasteiger partial charge in [-0.3, -0.25) is 19.7 Å². The van der Waals surface area contributed by atoms with Gasteiger partial charge in [0.05, 0.1) is 0 Å². The van der Waals surface area contributed by atoms with Gasteiger partial charge in [0.15, 0.2) is 0 Å². The Morgan fingerprint density at radius 2 is 2.08 bits per heavy atom. The maximum Gasteiger partial charge on any atom is 0.255 e. The van der Waals surface area contributed by atoms with Gasteiger partial charge in [0, 0.05) is 37.7 Å². The molecule has 2 fully saturated rings. The van der Waals surface area contributed by atoms with Gasteiger partial charge in [-0.1, -0.05) is 12.1 Å². The second-order valence-electron chi connectivity index (χ2n) is 7.32. The first kappa shape index (κ1) is 17.2. The standard InChI is InChI=1S/C19H24N4O3/c24-17-6-5-16(18(25)22-17)23-11-13-4-3-12(8-15(13)19(23)26)9-20-10-14-2-1-7-21-14/h3-4,8,14,16,20-21H,1-2,5-7,9-11H2,(H,22,24,25)/t14-,16?/m0/s1. The van der Waals surface area contributed by atoms with E-state index in [-0.39, 0.29) is 24.1 Å². The molecule has 0 saturated carbocycles. The van der Waals surface area contributed by atoms with Crippen LogP contribution in [0.15, 0.2) is 18.2 Å². The minimum Gasteiger partial charge on any atom is -0.322 e.